The molecule has 0 saturated carbocycles. The van der Waals surface area contributed by atoms with Crippen LogP contribution in [0, 0.1) is 0 Å². The van der Waals surface area contributed by atoms with Crippen LogP contribution in [0.25, 0.3) is 0 Å². The Morgan fingerprint density at radius 3 is 2.73 bits per heavy atom. The number of anilines is 2. The average molecular weight is 296 g/mol. The van der Waals surface area contributed by atoms with Crippen molar-refractivity contribution in [3.05, 3.63) is 54.1 Å². The van der Waals surface area contributed by atoms with Crippen LogP contribution in [0.5, 0.6) is 5.75 Å². The molecule has 2 aromatic rings. The Kier molecular flexibility index (Phi) is 3.78. The summed E-state index contributed by atoms with van der Waals surface area (Å²) >= 11 is 0. The van der Waals surface area contributed by atoms with E-state index < -0.39 is 0 Å². The zero-order valence-corrected chi connectivity index (χ0v) is 12.2. The van der Waals surface area contributed by atoms with Gasteiger partial charge in [0.25, 0.3) is 11.8 Å². The minimum atomic E-state index is -0.181. The Morgan fingerprint density at radius 2 is 2.00 bits per heavy atom. The molecule has 1 N–H and O–H groups in total. The maximum Gasteiger partial charge on any atom is 0.265 e. The van der Waals surface area contributed by atoms with Crippen molar-refractivity contribution in [2.45, 2.75) is 6.92 Å². The average Bonchev–Trinajstić information content (AvgIpc) is 2.55. The van der Waals surface area contributed by atoms with E-state index >= 15 is 0 Å². The molecule has 0 aromatic heterocycles. The highest BCUT2D eigenvalue weighted by Crippen LogP contribution is 2.34. The largest absolute Gasteiger partial charge is 0.481 e. The number of carbonyl (C=O) groups excluding carboxylic acids is 2. The number of likely N-dealkylation sites (N-methyl/N-ethyl adjacent to an activating group) is 1. The van der Waals surface area contributed by atoms with Crippen LogP contribution < -0.4 is 15.0 Å². The summed E-state index contributed by atoms with van der Waals surface area (Å²) in [6.45, 7) is 2.53. The van der Waals surface area contributed by atoms with Gasteiger partial charge in [-0.2, -0.15) is 0 Å². The minimum Gasteiger partial charge on any atom is -0.481 e. The van der Waals surface area contributed by atoms with E-state index in [-0.39, 0.29) is 18.4 Å². The quantitative estimate of drug-likeness (QED) is 0.947. The summed E-state index contributed by atoms with van der Waals surface area (Å²) in [4.78, 5) is 25.6. The van der Waals surface area contributed by atoms with Gasteiger partial charge in [-0.1, -0.05) is 18.2 Å². The van der Waals surface area contributed by atoms with Gasteiger partial charge in [-0.15, -0.1) is 0 Å². The van der Waals surface area contributed by atoms with Gasteiger partial charge in [0.15, 0.2) is 6.61 Å². The second kappa shape index (κ2) is 5.89. The normalized spacial score (nSPS) is 13.3. The van der Waals surface area contributed by atoms with Crippen molar-refractivity contribution in [2.24, 2.45) is 0 Å². The fourth-order valence-electron chi connectivity index (χ4n) is 2.42. The number of nitrogens with one attached hydrogen (secondary N) is 1. The van der Waals surface area contributed by atoms with E-state index in [1.54, 1.807) is 35.2 Å². The molecule has 0 bridgehead atoms. The van der Waals surface area contributed by atoms with Crippen LogP contribution in [0.4, 0.5) is 11.4 Å². The smallest absolute Gasteiger partial charge is 0.265 e. The molecule has 0 radical (unpaired) electrons. The van der Waals surface area contributed by atoms with Crippen LogP contribution in [-0.2, 0) is 4.79 Å². The summed E-state index contributed by atoms with van der Waals surface area (Å²) in [7, 11) is 0. The number of rotatable bonds is 3. The van der Waals surface area contributed by atoms with E-state index in [0.29, 0.717) is 23.5 Å². The molecule has 0 fully saturated rings. The van der Waals surface area contributed by atoms with Gasteiger partial charge in [0.2, 0.25) is 0 Å². The Hall–Kier alpha value is -2.82. The van der Waals surface area contributed by atoms with E-state index in [4.69, 9.17) is 4.74 Å². The van der Waals surface area contributed by atoms with E-state index in [2.05, 4.69) is 5.32 Å². The number of ether oxygens (including phenoxy) is 1. The highest BCUT2D eigenvalue weighted by Gasteiger charge is 2.24. The molecule has 0 unspecified atom stereocenters. The Morgan fingerprint density at radius 1 is 1.23 bits per heavy atom. The fourth-order valence-corrected chi connectivity index (χ4v) is 2.42. The molecule has 0 spiro atoms. The standard InChI is InChI=1S/C17H16N2O3/c1-2-19-14-9-8-13(10-15(14)22-11-16(19)20)18-17(21)12-6-4-3-5-7-12/h3-10H,2,11H2,1H3,(H,18,21). The third-order valence-corrected chi connectivity index (χ3v) is 3.51. The van der Waals surface area contributed by atoms with Crippen LogP contribution in [0.2, 0.25) is 0 Å². The number of fused-ring (bicyclic) bond motifs is 1. The van der Waals surface area contributed by atoms with Crippen LogP contribution in [-0.4, -0.2) is 25.0 Å². The van der Waals surface area contributed by atoms with Crippen molar-refractivity contribution in [1.82, 2.24) is 0 Å². The zero-order valence-electron chi connectivity index (χ0n) is 12.2. The van der Waals surface area contributed by atoms with Gasteiger partial charge in [-0.3, -0.25) is 9.59 Å². The first-order chi connectivity index (χ1) is 10.7. The lowest BCUT2D eigenvalue weighted by Crippen LogP contribution is -2.38. The third-order valence-electron chi connectivity index (χ3n) is 3.51. The molecule has 1 heterocycles. The summed E-state index contributed by atoms with van der Waals surface area (Å²) in [5.41, 5.74) is 1.96. The number of carbonyl (C=O) groups is 2. The summed E-state index contributed by atoms with van der Waals surface area (Å²) < 4.78 is 5.45. The molecular weight excluding hydrogens is 280 g/mol. The van der Waals surface area contributed by atoms with Crippen LogP contribution in [0.15, 0.2) is 48.5 Å². The second-order valence-corrected chi connectivity index (χ2v) is 4.93. The summed E-state index contributed by atoms with van der Waals surface area (Å²) in [5.74, 6) is 0.364. The minimum absolute atomic E-state index is 0.0247. The van der Waals surface area contributed by atoms with Gasteiger partial charge in [0.1, 0.15) is 5.75 Å². The van der Waals surface area contributed by atoms with Crippen LogP contribution in [0.1, 0.15) is 17.3 Å². The molecule has 1 aliphatic rings. The summed E-state index contributed by atoms with van der Waals surface area (Å²) in [5, 5.41) is 2.83. The van der Waals surface area contributed by atoms with E-state index in [1.807, 2.05) is 25.1 Å². The summed E-state index contributed by atoms with van der Waals surface area (Å²) in [6.07, 6.45) is 0. The number of nitrogens with zero attached hydrogens (tertiary/aromatic N) is 1. The van der Waals surface area contributed by atoms with Gasteiger partial charge in [0.05, 0.1) is 5.69 Å². The predicted octanol–water partition coefficient (Wildman–Crippen LogP) is 2.68. The Balaban J connectivity index is 1.82. The molecule has 2 aromatic carbocycles. The molecule has 3 rings (SSSR count). The topological polar surface area (TPSA) is 58.6 Å². The molecule has 0 atom stereocenters. The highest BCUT2D eigenvalue weighted by molar-refractivity contribution is 6.05. The van der Waals surface area contributed by atoms with Gasteiger partial charge < -0.3 is 15.0 Å². The Bertz CT molecular complexity index is 713. The first-order valence-corrected chi connectivity index (χ1v) is 7.12. The van der Waals surface area contributed by atoms with Crippen LogP contribution in [0.3, 0.4) is 0 Å². The van der Waals surface area contributed by atoms with Crippen molar-refractivity contribution in [3.63, 3.8) is 0 Å². The number of benzene rings is 2. The monoisotopic (exact) mass is 296 g/mol. The molecule has 1 aliphatic heterocycles. The maximum atomic E-state index is 12.1. The SMILES string of the molecule is CCN1C(=O)COc2cc(NC(=O)c3ccccc3)ccc21. The second-order valence-electron chi connectivity index (χ2n) is 4.93. The molecular formula is C17H16N2O3. The lowest BCUT2D eigenvalue weighted by atomic mass is 10.2. The fraction of sp³-hybridized carbons (Fsp3) is 0.176. The predicted molar refractivity (Wildman–Crippen MR) is 84.4 cm³/mol. The first-order valence-electron chi connectivity index (χ1n) is 7.12. The first kappa shape index (κ1) is 14.1. The van der Waals surface area contributed by atoms with Gasteiger partial charge in [-0.05, 0) is 31.2 Å². The van der Waals surface area contributed by atoms with E-state index in [1.165, 1.54) is 0 Å². The molecule has 5 heteroatoms. The lowest BCUT2D eigenvalue weighted by molar-refractivity contribution is -0.121. The molecule has 22 heavy (non-hydrogen) atoms. The summed E-state index contributed by atoms with van der Waals surface area (Å²) in [6, 6.07) is 14.3. The maximum absolute atomic E-state index is 12.1. The van der Waals surface area contributed by atoms with E-state index in [0.717, 1.165) is 5.69 Å². The van der Waals surface area contributed by atoms with Crippen molar-refractivity contribution in [1.29, 1.82) is 0 Å². The molecule has 0 saturated heterocycles. The zero-order chi connectivity index (χ0) is 15.5. The van der Waals surface area contributed by atoms with Crippen molar-refractivity contribution >= 4 is 23.2 Å². The molecule has 2 amide bonds. The van der Waals surface area contributed by atoms with Crippen molar-refractivity contribution < 1.29 is 14.3 Å². The van der Waals surface area contributed by atoms with Crippen molar-refractivity contribution in [2.75, 3.05) is 23.4 Å². The third kappa shape index (κ3) is 2.65. The molecule has 112 valence electrons. The number of amides is 2. The number of hydrogen-bond acceptors (Lipinski definition) is 3. The lowest BCUT2D eigenvalue weighted by Gasteiger charge is -2.28. The van der Waals surface area contributed by atoms with Gasteiger partial charge >= 0.3 is 0 Å². The number of hydrogen-bond donors (Lipinski definition) is 1. The van der Waals surface area contributed by atoms with Gasteiger partial charge in [-0.25, -0.2) is 0 Å². The Labute approximate surface area is 128 Å². The van der Waals surface area contributed by atoms with E-state index in [9.17, 15) is 9.59 Å². The molecule has 0 aliphatic carbocycles. The highest BCUT2D eigenvalue weighted by atomic mass is 16.5. The van der Waals surface area contributed by atoms with Crippen LogP contribution >= 0.6 is 0 Å². The van der Waals surface area contributed by atoms with Gasteiger partial charge in [0, 0.05) is 23.9 Å². The molecule has 5 nitrogen and oxygen atoms in total. The van der Waals surface area contributed by atoms with Crippen molar-refractivity contribution in [3.8, 4) is 5.75 Å².